The molecule has 3 nitrogen and oxygen atoms in total. The minimum atomic E-state index is -4.27. The molecule has 0 bridgehead atoms. The van der Waals surface area contributed by atoms with Crippen molar-refractivity contribution in [2.45, 2.75) is 71.1 Å². The minimum absolute atomic E-state index is 0.178. The summed E-state index contributed by atoms with van der Waals surface area (Å²) in [6, 6.07) is 5.78. The van der Waals surface area contributed by atoms with E-state index in [0.717, 1.165) is 5.56 Å². The Morgan fingerprint density at radius 1 is 0.840 bits per heavy atom. The molecule has 1 aromatic rings. The number of rotatable bonds is 10. The Kier molecular flexibility index (Phi) is 12.6. The number of aryl methyl sites for hydroxylation is 1. The summed E-state index contributed by atoms with van der Waals surface area (Å²) in [6.07, 6.45) is 13.2. The van der Waals surface area contributed by atoms with Gasteiger partial charge in [0.15, 0.2) is 0 Å². The molecule has 5 heteroatoms. The van der Waals surface area contributed by atoms with Crippen LogP contribution in [0.25, 0.3) is 0 Å². The average molecular weight is 389 g/mol. The Bertz CT molecular complexity index is 531. The summed E-state index contributed by atoms with van der Waals surface area (Å²) in [5.41, 5.74) is 0.928. The Labute approximate surface area is 156 Å². The molecule has 0 aliphatic heterocycles. The van der Waals surface area contributed by atoms with Crippen molar-refractivity contribution in [2.24, 2.45) is 0 Å². The van der Waals surface area contributed by atoms with Crippen molar-refractivity contribution in [3.63, 3.8) is 0 Å². The molecule has 0 fully saturated rings. The standard InChI is InChI=1S/C13H30P.C7H8O3S/c1-5-8-11-14(4,12-9-6-2)13-10-7-3;1-6-2-4-7(5-3-6)11(8,9)10/h5-13H2,1-4H3;2-5H,1H3,(H,8,9,10)/q+1;/p-1. The molecule has 0 saturated carbocycles. The maximum Gasteiger partial charge on any atom is 0.124 e. The van der Waals surface area contributed by atoms with Gasteiger partial charge in [0.05, 0.1) is 23.4 Å². The molecule has 146 valence electrons. The summed E-state index contributed by atoms with van der Waals surface area (Å²) in [7, 11) is -4.79. The van der Waals surface area contributed by atoms with Crippen LogP contribution in [-0.4, -0.2) is 38.1 Å². The Morgan fingerprint density at radius 3 is 1.48 bits per heavy atom. The largest absolute Gasteiger partial charge is 0.744 e. The van der Waals surface area contributed by atoms with Crippen molar-refractivity contribution in [2.75, 3.05) is 25.2 Å². The number of benzene rings is 1. The Hall–Kier alpha value is -0.440. The van der Waals surface area contributed by atoms with E-state index in [1.54, 1.807) is 30.6 Å². The molecular formula is C20H37O3PS. The third kappa shape index (κ3) is 11.7. The van der Waals surface area contributed by atoms with Crippen molar-refractivity contribution in [1.82, 2.24) is 0 Å². The van der Waals surface area contributed by atoms with Crippen LogP contribution < -0.4 is 0 Å². The van der Waals surface area contributed by atoms with Crippen molar-refractivity contribution >= 4 is 17.4 Å². The lowest BCUT2D eigenvalue weighted by Crippen LogP contribution is -2.07. The fourth-order valence-corrected chi connectivity index (χ4v) is 7.04. The fourth-order valence-electron chi connectivity index (χ4n) is 2.66. The van der Waals surface area contributed by atoms with E-state index >= 15 is 0 Å². The van der Waals surface area contributed by atoms with Crippen LogP contribution in [0.15, 0.2) is 29.2 Å². The lowest BCUT2D eigenvalue weighted by Gasteiger charge is -2.22. The van der Waals surface area contributed by atoms with E-state index in [1.807, 2.05) is 6.92 Å². The first-order valence-electron chi connectivity index (χ1n) is 9.54. The van der Waals surface area contributed by atoms with Gasteiger partial charge < -0.3 is 4.55 Å². The predicted molar refractivity (Wildman–Crippen MR) is 111 cm³/mol. The average Bonchev–Trinajstić information content (AvgIpc) is 2.57. The Morgan fingerprint density at radius 2 is 1.20 bits per heavy atom. The fraction of sp³-hybridized carbons (Fsp3) is 0.700. The second-order valence-corrected chi connectivity index (χ2v) is 13.1. The quantitative estimate of drug-likeness (QED) is 0.368. The Balaban J connectivity index is 0.000000472. The smallest absolute Gasteiger partial charge is 0.124 e. The number of hydrogen-bond acceptors (Lipinski definition) is 3. The zero-order chi connectivity index (χ0) is 19.3. The van der Waals surface area contributed by atoms with Crippen molar-refractivity contribution < 1.29 is 13.0 Å². The third-order valence-corrected chi connectivity index (χ3v) is 9.50. The molecule has 0 heterocycles. The lowest BCUT2D eigenvalue weighted by molar-refractivity contribution is 0.463. The van der Waals surface area contributed by atoms with Crippen LogP contribution in [0.3, 0.4) is 0 Å². The highest BCUT2D eigenvalue weighted by atomic mass is 32.2. The second kappa shape index (κ2) is 12.8. The van der Waals surface area contributed by atoms with Crippen LogP contribution in [0, 0.1) is 6.92 Å². The van der Waals surface area contributed by atoms with E-state index in [0.29, 0.717) is 0 Å². The number of hydrogen-bond donors (Lipinski definition) is 0. The molecule has 0 unspecified atom stereocenters. The zero-order valence-corrected chi connectivity index (χ0v) is 18.5. The molecule has 0 spiro atoms. The van der Waals surface area contributed by atoms with Gasteiger partial charge in [-0.3, -0.25) is 0 Å². The second-order valence-electron chi connectivity index (χ2n) is 7.12. The highest BCUT2D eigenvalue weighted by Crippen LogP contribution is 2.57. The van der Waals surface area contributed by atoms with Crippen molar-refractivity contribution in [3.8, 4) is 0 Å². The van der Waals surface area contributed by atoms with Gasteiger partial charge in [0, 0.05) is 13.9 Å². The van der Waals surface area contributed by atoms with Crippen LogP contribution >= 0.6 is 7.26 Å². The first-order valence-corrected chi connectivity index (χ1v) is 13.7. The molecule has 0 aliphatic rings. The molecular weight excluding hydrogens is 351 g/mol. The normalized spacial score (nSPS) is 11.8. The summed E-state index contributed by atoms with van der Waals surface area (Å²) in [5, 5.41) is 0. The van der Waals surface area contributed by atoms with Crippen molar-refractivity contribution in [1.29, 1.82) is 0 Å². The van der Waals surface area contributed by atoms with Gasteiger partial charge in [0.1, 0.15) is 10.1 Å². The molecule has 25 heavy (non-hydrogen) atoms. The monoisotopic (exact) mass is 388 g/mol. The summed E-state index contributed by atoms with van der Waals surface area (Å²) < 4.78 is 31.2. The van der Waals surface area contributed by atoms with Gasteiger partial charge in [-0.2, -0.15) is 0 Å². The molecule has 1 rings (SSSR count). The minimum Gasteiger partial charge on any atom is -0.744 e. The van der Waals surface area contributed by atoms with Gasteiger partial charge in [-0.05, 0) is 38.3 Å². The van der Waals surface area contributed by atoms with Crippen LogP contribution in [0.1, 0.15) is 64.9 Å². The van der Waals surface area contributed by atoms with E-state index in [4.69, 9.17) is 0 Å². The molecule has 0 radical (unpaired) electrons. The maximum absolute atomic E-state index is 10.4. The van der Waals surface area contributed by atoms with Gasteiger partial charge in [-0.25, -0.2) is 8.42 Å². The number of unbranched alkanes of at least 4 members (excludes halogenated alkanes) is 3. The highest BCUT2D eigenvalue weighted by molar-refractivity contribution is 7.85. The zero-order valence-electron chi connectivity index (χ0n) is 16.8. The van der Waals surface area contributed by atoms with Gasteiger partial charge in [-0.1, -0.05) is 57.7 Å². The van der Waals surface area contributed by atoms with Crippen LogP contribution in [-0.2, 0) is 10.1 Å². The maximum atomic E-state index is 10.4. The highest BCUT2D eigenvalue weighted by Gasteiger charge is 2.28. The summed E-state index contributed by atoms with van der Waals surface area (Å²) in [4.78, 5) is -0.178. The van der Waals surface area contributed by atoms with E-state index in [9.17, 15) is 13.0 Å². The molecule has 0 N–H and O–H groups in total. The molecule has 1 aromatic carbocycles. The first-order chi connectivity index (χ1) is 11.7. The molecule has 0 aliphatic carbocycles. The van der Waals surface area contributed by atoms with Gasteiger partial charge in [-0.15, -0.1) is 0 Å². The molecule has 0 saturated heterocycles. The van der Waals surface area contributed by atoms with Crippen molar-refractivity contribution in [3.05, 3.63) is 29.8 Å². The summed E-state index contributed by atoms with van der Waals surface area (Å²) in [5.74, 6) is 0. The summed E-state index contributed by atoms with van der Waals surface area (Å²) >= 11 is 0. The topological polar surface area (TPSA) is 57.2 Å². The molecule has 0 aromatic heterocycles. The molecule has 0 amide bonds. The van der Waals surface area contributed by atoms with Crippen LogP contribution in [0.4, 0.5) is 0 Å². The lowest BCUT2D eigenvalue weighted by atomic mass is 10.2. The van der Waals surface area contributed by atoms with Crippen LogP contribution in [0.5, 0.6) is 0 Å². The SMILES string of the molecule is CCCC[P+](C)(CCCC)CCCC.Cc1ccc(S(=O)(=O)[O-])cc1. The van der Waals surface area contributed by atoms with E-state index < -0.39 is 17.4 Å². The van der Waals surface area contributed by atoms with Crippen LogP contribution in [0.2, 0.25) is 0 Å². The van der Waals surface area contributed by atoms with E-state index in [-0.39, 0.29) is 4.90 Å². The van der Waals surface area contributed by atoms with Gasteiger partial charge in [0.2, 0.25) is 0 Å². The summed E-state index contributed by atoms with van der Waals surface area (Å²) in [6.45, 7) is 11.4. The van der Waals surface area contributed by atoms with E-state index in [1.165, 1.54) is 50.7 Å². The predicted octanol–water partition coefficient (Wildman–Crippen LogP) is 5.93. The third-order valence-electron chi connectivity index (χ3n) is 4.46. The molecule has 0 atom stereocenters. The van der Waals surface area contributed by atoms with Gasteiger partial charge in [0.25, 0.3) is 0 Å². The van der Waals surface area contributed by atoms with Gasteiger partial charge >= 0.3 is 0 Å². The van der Waals surface area contributed by atoms with E-state index in [2.05, 4.69) is 27.4 Å². The first kappa shape index (κ1) is 24.6.